The smallest absolute Gasteiger partial charge is 0.156 e. The summed E-state index contributed by atoms with van der Waals surface area (Å²) in [5.74, 6) is 0.836. The van der Waals surface area contributed by atoms with Crippen molar-refractivity contribution in [2.24, 2.45) is 0 Å². The van der Waals surface area contributed by atoms with Crippen molar-refractivity contribution in [3.8, 4) is 0 Å². The highest BCUT2D eigenvalue weighted by atomic mass is 127. The zero-order valence-corrected chi connectivity index (χ0v) is 14.3. The van der Waals surface area contributed by atoms with Gasteiger partial charge in [0.2, 0.25) is 0 Å². The zero-order chi connectivity index (χ0) is 13.2. The Morgan fingerprint density at radius 1 is 1.37 bits per heavy atom. The van der Waals surface area contributed by atoms with Crippen molar-refractivity contribution in [3.05, 3.63) is 17.5 Å². The standard InChI is InChI=1S/C12H15ClIN4P/c13-10-6-9-11(15-7-18(9)19-14)12(17-10)16-8-4-2-1-3-5-8/h6-8,19H,1-5H2,(H,16,17). The van der Waals surface area contributed by atoms with Gasteiger partial charge in [0.15, 0.2) is 5.82 Å². The lowest BCUT2D eigenvalue weighted by molar-refractivity contribution is 0.462. The third-order valence-corrected chi connectivity index (χ3v) is 5.83. The second kappa shape index (κ2) is 6.10. The second-order valence-corrected chi connectivity index (χ2v) is 7.33. The van der Waals surface area contributed by atoms with Gasteiger partial charge in [-0.15, -0.1) is 0 Å². The van der Waals surface area contributed by atoms with Gasteiger partial charge in [-0.05, 0) is 34.9 Å². The molecule has 3 rings (SSSR count). The van der Waals surface area contributed by atoms with Crippen molar-refractivity contribution < 1.29 is 0 Å². The van der Waals surface area contributed by atoms with Crippen LogP contribution in [0.5, 0.6) is 0 Å². The largest absolute Gasteiger partial charge is 0.365 e. The summed E-state index contributed by atoms with van der Waals surface area (Å²) in [6, 6.07) is 2.40. The summed E-state index contributed by atoms with van der Waals surface area (Å²) in [7, 11) is 0. The van der Waals surface area contributed by atoms with Gasteiger partial charge >= 0.3 is 0 Å². The minimum Gasteiger partial charge on any atom is -0.365 e. The number of aromatic nitrogens is 3. The number of nitrogens with one attached hydrogen (secondary N) is 1. The Kier molecular flexibility index (Phi) is 4.44. The second-order valence-electron chi connectivity index (χ2n) is 4.84. The molecule has 102 valence electrons. The fourth-order valence-electron chi connectivity index (χ4n) is 2.59. The lowest BCUT2D eigenvalue weighted by atomic mass is 9.95. The molecule has 1 N–H and O–H groups in total. The maximum Gasteiger partial charge on any atom is 0.156 e. The van der Waals surface area contributed by atoms with E-state index in [9.17, 15) is 0 Å². The predicted molar refractivity (Wildman–Crippen MR) is 90.8 cm³/mol. The van der Waals surface area contributed by atoms with Crippen LogP contribution in [0.1, 0.15) is 32.1 Å². The Balaban J connectivity index is 1.95. The monoisotopic (exact) mass is 408 g/mol. The Labute approximate surface area is 132 Å². The molecule has 0 aliphatic heterocycles. The Morgan fingerprint density at radius 2 is 2.16 bits per heavy atom. The molecule has 2 aromatic rings. The lowest BCUT2D eigenvalue weighted by Crippen LogP contribution is -2.23. The summed E-state index contributed by atoms with van der Waals surface area (Å²) in [6.07, 6.45) is 8.85. The first-order valence-electron chi connectivity index (χ1n) is 6.44. The van der Waals surface area contributed by atoms with Crippen molar-refractivity contribution in [3.63, 3.8) is 0 Å². The van der Waals surface area contributed by atoms with E-state index in [0.717, 1.165) is 16.9 Å². The molecule has 1 unspecified atom stereocenters. The van der Waals surface area contributed by atoms with Crippen LogP contribution in [0.4, 0.5) is 5.82 Å². The van der Waals surface area contributed by atoms with Crippen LogP contribution in [0.3, 0.4) is 0 Å². The van der Waals surface area contributed by atoms with Crippen molar-refractivity contribution in [1.82, 2.24) is 14.3 Å². The number of anilines is 1. The first kappa shape index (κ1) is 13.8. The van der Waals surface area contributed by atoms with Gasteiger partial charge in [-0.25, -0.2) is 9.97 Å². The van der Waals surface area contributed by atoms with E-state index in [0.29, 0.717) is 17.6 Å². The van der Waals surface area contributed by atoms with Crippen molar-refractivity contribution in [1.29, 1.82) is 0 Å². The minimum atomic E-state index is 0.509. The van der Waals surface area contributed by atoms with E-state index in [4.69, 9.17) is 11.6 Å². The van der Waals surface area contributed by atoms with Gasteiger partial charge in [0.1, 0.15) is 10.7 Å². The highest BCUT2D eigenvalue weighted by molar-refractivity contribution is 14.2. The Bertz CT molecular complexity index is 582. The zero-order valence-electron chi connectivity index (χ0n) is 10.4. The van der Waals surface area contributed by atoms with E-state index in [1.807, 2.05) is 12.4 Å². The van der Waals surface area contributed by atoms with Gasteiger partial charge in [-0.1, -0.05) is 30.9 Å². The minimum absolute atomic E-state index is 0.509. The van der Waals surface area contributed by atoms with E-state index >= 15 is 0 Å². The maximum absolute atomic E-state index is 6.14. The van der Waals surface area contributed by atoms with Crippen molar-refractivity contribution >= 4 is 56.9 Å². The van der Waals surface area contributed by atoms with Crippen LogP contribution in [0, 0.1) is 0 Å². The topological polar surface area (TPSA) is 42.7 Å². The van der Waals surface area contributed by atoms with Gasteiger partial charge in [0, 0.05) is 18.5 Å². The van der Waals surface area contributed by atoms with Crippen LogP contribution >= 0.6 is 40.0 Å². The molecular weight excluding hydrogens is 393 g/mol. The molecule has 0 saturated heterocycles. The van der Waals surface area contributed by atoms with E-state index in [2.05, 4.69) is 41.7 Å². The number of pyridine rings is 1. The molecule has 0 bridgehead atoms. The Morgan fingerprint density at radius 3 is 2.89 bits per heavy atom. The summed E-state index contributed by atoms with van der Waals surface area (Å²) in [5.41, 5.74) is 1.99. The van der Waals surface area contributed by atoms with Crippen molar-refractivity contribution in [2.45, 2.75) is 38.1 Å². The quantitative estimate of drug-likeness (QED) is 0.458. The molecule has 19 heavy (non-hydrogen) atoms. The molecule has 0 spiro atoms. The molecule has 1 aliphatic carbocycles. The number of rotatable bonds is 3. The van der Waals surface area contributed by atoms with Gasteiger partial charge in [0.05, 0.1) is 11.8 Å². The molecule has 1 fully saturated rings. The van der Waals surface area contributed by atoms with Crippen LogP contribution in [0.2, 0.25) is 5.15 Å². The van der Waals surface area contributed by atoms with Crippen LogP contribution in [0.25, 0.3) is 11.0 Å². The van der Waals surface area contributed by atoms with Crippen LogP contribution in [-0.4, -0.2) is 20.3 Å². The SMILES string of the molecule is Clc1cc2c(ncn2PI)c(NC2CCCCC2)n1. The first-order valence-corrected chi connectivity index (χ1v) is 10.9. The first-order chi connectivity index (χ1) is 9.28. The number of halogens is 2. The molecule has 1 aliphatic rings. The molecule has 2 heterocycles. The summed E-state index contributed by atoms with van der Waals surface area (Å²) in [5, 5.41) is 4.06. The number of hydrogen-bond donors (Lipinski definition) is 1. The van der Waals surface area contributed by atoms with Gasteiger partial charge in [-0.2, -0.15) is 0 Å². The van der Waals surface area contributed by atoms with Gasteiger partial charge in [0.25, 0.3) is 0 Å². The van der Waals surface area contributed by atoms with Gasteiger partial charge in [-0.3, -0.25) is 0 Å². The van der Waals surface area contributed by atoms with Crippen molar-refractivity contribution in [2.75, 3.05) is 5.32 Å². The molecule has 1 atom stereocenters. The van der Waals surface area contributed by atoms with Crippen LogP contribution < -0.4 is 5.32 Å². The number of fused-ring (bicyclic) bond motifs is 1. The molecule has 0 radical (unpaired) electrons. The molecule has 2 aromatic heterocycles. The summed E-state index contributed by atoms with van der Waals surface area (Å²) >= 11 is 8.48. The van der Waals surface area contributed by atoms with Crippen LogP contribution in [0.15, 0.2) is 12.4 Å². The van der Waals surface area contributed by atoms with E-state index in [1.165, 1.54) is 32.1 Å². The van der Waals surface area contributed by atoms with E-state index < -0.39 is 0 Å². The number of imidazole rings is 1. The number of hydrogen-bond acceptors (Lipinski definition) is 3. The molecule has 4 nitrogen and oxygen atoms in total. The number of nitrogens with zero attached hydrogens (tertiary/aromatic N) is 3. The molecule has 0 amide bonds. The Hall–Kier alpha value is -0.130. The van der Waals surface area contributed by atoms with Crippen LogP contribution in [-0.2, 0) is 0 Å². The average Bonchev–Trinajstić information content (AvgIpc) is 2.83. The molecule has 7 heteroatoms. The summed E-state index contributed by atoms with van der Waals surface area (Å²) in [6.45, 7) is 0. The van der Waals surface area contributed by atoms with E-state index in [1.54, 1.807) is 0 Å². The average molecular weight is 409 g/mol. The third-order valence-electron chi connectivity index (χ3n) is 3.54. The highest BCUT2D eigenvalue weighted by Gasteiger charge is 2.17. The molecular formula is C12H15ClIN4P. The summed E-state index contributed by atoms with van der Waals surface area (Å²) < 4.78 is 2.11. The molecule has 1 saturated carbocycles. The fraction of sp³-hybridized carbons (Fsp3) is 0.500. The predicted octanol–water partition coefficient (Wildman–Crippen LogP) is 4.62. The third kappa shape index (κ3) is 2.98. The van der Waals surface area contributed by atoms with Gasteiger partial charge < -0.3 is 9.65 Å². The highest BCUT2D eigenvalue weighted by Crippen LogP contribution is 2.33. The fourth-order valence-corrected chi connectivity index (χ4v) is 4.30. The van der Waals surface area contributed by atoms with E-state index in [-0.39, 0.29) is 0 Å². The maximum atomic E-state index is 6.14. The normalized spacial score (nSPS) is 17.6. The molecule has 0 aromatic carbocycles. The lowest BCUT2D eigenvalue weighted by Gasteiger charge is -2.23. The summed E-state index contributed by atoms with van der Waals surface area (Å²) in [4.78, 5) is 8.90.